The van der Waals surface area contributed by atoms with E-state index < -0.39 is 30.1 Å². The van der Waals surface area contributed by atoms with Crippen molar-refractivity contribution >= 4 is 23.7 Å². The highest BCUT2D eigenvalue weighted by Crippen LogP contribution is 2.23. The summed E-state index contributed by atoms with van der Waals surface area (Å²) in [7, 11) is 0. The molecule has 0 spiro atoms. The van der Waals surface area contributed by atoms with E-state index in [-0.39, 0.29) is 37.1 Å². The Morgan fingerprint density at radius 3 is 2.13 bits per heavy atom. The largest absolute Gasteiger partial charge is 0.508 e. The molecule has 0 radical (unpaired) electrons. The molecule has 45 heavy (non-hydrogen) atoms. The molecule has 0 aliphatic carbocycles. The molecule has 10 nitrogen and oxygen atoms in total. The van der Waals surface area contributed by atoms with E-state index in [4.69, 9.17) is 15.6 Å². The van der Waals surface area contributed by atoms with Gasteiger partial charge >= 0.3 is 12.1 Å². The third-order valence-corrected chi connectivity index (χ3v) is 7.18. The lowest BCUT2D eigenvalue weighted by Crippen LogP contribution is -2.54. The summed E-state index contributed by atoms with van der Waals surface area (Å²) in [6.45, 7) is 4.24. The summed E-state index contributed by atoms with van der Waals surface area (Å²) in [4.78, 5) is 49.8. The van der Waals surface area contributed by atoms with Gasteiger partial charge < -0.3 is 31.5 Å². The molecule has 0 saturated carbocycles. The third kappa shape index (κ3) is 10.1. The summed E-state index contributed by atoms with van der Waals surface area (Å²) in [6.07, 6.45) is -4.50. The van der Waals surface area contributed by atoms with Gasteiger partial charge in [0.2, 0.25) is 17.7 Å². The number of nitrogens with one attached hydrogen (secondary N) is 2. The minimum Gasteiger partial charge on any atom is -0.508 e. The smallest absolute Gasteiger partial charge is 0.490 e. The summed E-state index contributed by atoms with van der Waals surface area (Å²) in [5.74, 6) is -3.64. The average Bonchev–Trinajstić information content (AvgIpc) is 3.10. The fraction of sp³-hybridized carbons (Fsp3) is 0.312. The molecule has 3 aromatic rings. The lowest BCUT2D eigenvalue weighted by Gasteiger charge is -2.25. The third-order valence-electron chi connectivity index (χ3n) is 7.18. The molecule has 0 fully saturated rings. The summed E-state index contributed by atoms with van der Waals surface area (Å²) in [5, 5.41) is 22.7. The number of nitrogens with two attached hydrogens (primary N) is 1. The molecular weight excluding hydrogens is 593 g/mol. The Labute approximate surface area is 258 Å². The number of aryl methyl sites for hydroxylation is 2. The number of alkyl halides is 3. The number of phenols is 1. The second-order valence-corrected chi connectivity index (χ2v) is 10.7. The van der Waals surface area contributed by atoms with Crippen molar-refractivity contribution in [2.24, 2.45) is 5.73 Å². The first-order valence-corrected chi connectivity index (χ1v) is 14.0. The summed E-state index contributed by atoms with van der Waals surface area (Å²) >= 11 is 0. The Morgan fingerprint density at radius 2 is 1.56 bits per heavy atom. The van der Waals surface area contributed by atoms with Gasteiger partial charge in [-0.2, -0.15) is 13.2 Å². The zero-order valence-corrected chi connectivity index (χ0v) is 24.7. The molecule has 0 bridgehead atoms. The van der Waals surface area contributed by atoms with Crippen LogP contribution in [0.2, 0.25) is 0 Å². The van der Waals surface area contributed by atoms with Gasteiger partial charge in [0, 0.05) is 19.5 Å². The van der Waals surface area contributed by atoms with Crippen molar-refractivity contribution in [3.05, 3.63) is 100 Å². The fourth-order valence-corrected chi connectivity index (χ4v) is 4.88. The van der Waals surface area contributed by atoms with Crippen LogP contribution in [0.25, 0.3) is 0 Å². The number of benzene rings is 3. The number of nitrogens with zero attached hydrogens (tertiary/aromatic N) is 1. The number of aliphatic carboxylic acids is 1. The zero-order valence-electron chi connectivity index (χ0n) is 24.7. The van der Waals surface area contributed by atoms with Crippen LogP contribution in [0.15, 0.2) is 66.7 Å². The first-order chi connectivity index (χ1) is 21.1. The highest BCUT2D eigenvalue weighted by Gasteiger charge is 2.38. The van der Waals surface area contributed by atoms with Gasteiger partial charge in [0.15, 0.2) is 0 Å². The summed E-state index contributed by atoms with van der Waals surface area (Å²) < 4.78 is 31.7. The van der Waals surface area contributed by atoms with Crippen LogP contribution < -0.4 is 16.4 Å². The van der Waals surface area contributed by atoms with Crippen LogP contribution in [0.3, 0.4) is 0 Å². The van der Waals surface area contributed by atoms with Crippen molar-refractivity contribution in [1.29, 1.82) is 0 Å². The molecule has 1 heterocycles. The number of halogens is 3. The van der Waals surface area contributed by atoms with Crippen molar-refractivity contribution < 1.29 is 42.6 Å². The topological polar surface area (TPSA) is 162 Å². The molecule has 240 valence electrons. The van der Waals surface area contributed by atoms with E-state index in [9.17, 15) is 32.7 Å². The van der Waals surface area contributed by atoms with Crippen molar-refractivity contribution in [2.45, 2.75) is 58.0 Å². The number of hydrogen-bond donors (Lipinski definition) is 5. The molecule has 0 aromatic heterocycles. The number of carboxylic acids is 1. The molecule has 1 aliphatic heterocycles. The number of hydrogen-bond acceptors (Lipinski definition) is 6. The Balaban J connectivity index is 0.000000707. The monoisotopic (exact) mass is 628 g/mol. The van der Waals surface area contributed by atoms with Gasteiger partial charge in [0.05, 0.1) is 12.6 Å². The van der Waals surface area contributed by atoms with E-state index >= 15 is 0 Å². The second-order valence-electron chi connectivity index (χ2n) is 10.7. The van der Waals surface area contributed by atoms with Gasteiger partial charge in [0.25, 0.3) is 0 Å². The Bertz CT molecular complexity index is 1510. The number of phenolic OH excluding ortho intramolecular Hbond substituents is 1. The average molecular weight is 629 g/mol. The van der Waals surface area contributed by atoms with E-state index in [1.807, 2.05) is 68.4 Å². The number of aromatic hydroxyl groups is 1. The SMILES string of the molecule is Cc1cc(O)cc(C)c1C[C@H](N)C(=O)N[C@H]1Cc2ccccc2CN(CC(=O)NCc2ccccc2)C1=O.O=C(O)C(F)(F)F. The van der Waals surface area contributed by atoms with E-state index in [1.54, 1.807) is 12.1 Å². The van der Waals surface area contributed by atoms with Crippen LogP contribution in [-0.2, 0) is 45.1 Å². The first kappa shape index (κ1) is 34.6. The summed E-state index contributed by atoms with van der Waals surface area (Å²) in [5.41, 5.74) is 11.7. The lowest BCUT2D eigenvalue weighted by molar-refractivity contribution is -0.192. The number of carbonyl (C=O) groups excluding carboxylic acids is 3. The summed E-state index contributed by atoms with van der Waals surface area (Å²) in [6, 6.07) is 18.8. The van der Waals surface area contributed by atoms with Crippen LogP contribution in [-0.4, -0.2) is 63.6 Å². The molecule has 2 atom stereocenters. The molecule has 0 unspecified atom stereocenters. The molecular formula is C32H35F3N4O6. The maximum absolute atomic E-state index is 13.5. The number of rotatable bonds is 8. The van der Waals surface area contributed by atoms with Crippen LogP contribution in [0, 0.1) is 13.8 Å². The number of fused-ring (bicyclic) bond motifs is 1. The number of amides is 3. The highest BCUT2D eigenvalue weighted by molar-refractivity contribution is 5.92. The van der Waals surface area contributed by atoms with Gasteiger partial charge in [-0.3, -0.25) is 14.4 Å². The highest BCUT2D eigenvalue weighted by atomic mass is 19.4. The zero-order chi connectivity index (χ0) is 33.3. The normalized spacial score (nSPS) is 15.1. The maximum Gasteiger partial charge on any atom is 0.490 e. The Morgan fingerprint density at radius 1 is 1.00 bits per heavy atom. The predicted molar refractivity (Wildman–Crippen MR) is 159 cm³/mol. The lowest BCUT2D eigenvalue weighted by atomic mass is 9.95. The van der Waals surface area contributed by atoms with Crippen molar-refractivity contribution in [3.8, 4) is 5.75 Å². The van der Waals surface area contributed by atoms with Gasteiger partial charge in [-0.1, -0.05) is 54.6 Å². The van der Waals surface area contributed by atoms with E-state index in [0.29, 0.717) is 13.0 Å². The van der Waals surface area contributed by atoms with Crippen LogP contribution in [0.5, 0.6) is 5.75 Å². The van der Waals surface area contributed by atoms with Crippen LogP contribution in [0.4, 0.5) is 13.2 Å². The molecule has 4 rings (SSSR count). The second kappa shape index (κ2) is 15.2. The van der Waals surface area contributed by atoms with Gasteiger partial charge in [0.1, 0.15) is 11.8 Å². The number of carboxylic acid groups (broad SMARTS) is 1. The van der Waals surface area contributed by atoms with E-state index in [1.165, 1.54) is 4.90 Å². The van der Waals surface area contributed by atoms with Crippen molar-refractivity contribution in [3.63, 3.8) is 0 Å². The van der Waals surface area contributed by atoms with Gasteiger partial charge in [-0.15, -0.1) is 0 Å². The Hall–Kier alpha value is -4.91. The van der Waals surface area contributed by atoms with Gasteiger partial charge in [-0.25, -0.2) is 4.79 Å². The fourth-order valence-electron chi connectivity index (χ4n) is 4.88. The predicted octanol–water partition coefficient (Wildman–Crippen LogP) is 2.90. The molecule has 3 amide bonds. The van der Waals surface area contributed by atoms with Crippen LogP contribution >= 0.6 is 0 Å². The van der Waals surface area contributed by atoms with E-state index in [2.05, 4.69) is 10.6 Å². The minimum atomic E-state index is -5.08. The molecule has 13 heteroatoms. The first-order valence-electron chi connectivity index (χ1n) is 14.0. The maximum atomic E-state index is 13.5. The van der Waals surface area contributed by atoms with Crippen molar-refractivity contribution in [2.75, 3.05) is 6.54 Å². The van der Waals surface area contributed by atoms with Gasteiger partial charge in [-0.05, 0) is 65.8 Å². The number of carbonyl (C=O) groups is 4. The molecule has 6 N–H and O–H groups in total. The molecule has 3 aromatic carbocycles. The standard InChI is InChI=1S/C30H34N4O4.C2HF3O2/c1-19-12-24(35)13-20(2)25(19)15-26(31)29(37)33-27-14-22-10-6-7-11-23(22)17-34(30(27)38)18-28(36)32-16-21-8-4-3-5-9-21;3-2(4,5)1(6)7/h3-13,26-27,35H,14-18,31H2,1-2H3,(H,32,36)(H,33,37);(H,6,7)/t26-,27-;/m0./s1. The van der Waals surface area contributed by atoms with Crippen molar-refractivity contribution in [1.82, 2.24) is 15.5 Å². The Kier molecular flexibility index (Phi) is 11.7. The quantitative estimate of drug-likeness (QED) is 0.256. The minimum absolute atomic E-state index is 0.121. The molecule has 0 saturated heterocycles. The molecule has 1 aliphatic rings. The van der Waals surface area contributed by atoms with Crippen LogP contribution in [0.1, 0.15) is 33.4 Å². The van der Waals surface area contributed by atoms with E-state index in [0.717, 1.165) is 33.4 Å².